The van der Waals surface area contributed by atoms with Crippen molar-refractivity contribution in [3.05, 3.63) is 82.4 Å². The van der Waals surface area contributed by atoms with E-state index in [0.717, 1.165) is 4.90 Å². The lowest BCUT2D eigenvalue weighted by molar-refractivity contribution is 0.0735. The number of rotatable bonds is 2. The first-order chi connectivity index (χ1) is 13.6. The molecule has 2 amide bonds. The Kier molecular flexibility index (Phi) is 3.84. The van der Waals surface area contributed by atoms with E-state index in [2.05, 4.69) is 0 Å². The summed E-state index contributed by atoms with van der Waals surface area (Å²) in [4.78, 5) is 26.6. The number of amides is 2. The van der Waals surface area contributed by atoms with Gasteiger partial charge in [0.1, 0.15) is 17.7 Å². The zero-order valence-corrected chi connectivity index (χ0v) is 14.3. The number of allylic oxidation sites excluding steroid dienone is 1. The van der Waals surface area contributed by atoms with E-state index in [1.807, 2.05) is 0 Å². The van der Waals surface area contributed by atoms with E-state index in [4.69, 9.17) is 9.83 Å². The third-order valence-electron chi connectivity index (χ3n) is 4.41. The van der Waals surface area contributed by atoms with Gasteiger partial charge in [-0.15, -0.1) is 0 Å². The Hall–Kier alpha value is -4.49. The first-order valence-electron chi connectivity index (χ1n) is 8.17. The van der Waals surface area contributed by atoms with Crippen molar-refractivity contribution in [1.29, 1.82) is 15.9 Å². The summed E-state index contributed by atoms with van der Waals surface area (Å²) in [6.07, 6.45) is 0. The van der Waals surface area contributed by atoms with E-state index >= 15 is 0 Å². The quantitative estimate of drug-likeness (QED) is 0.552. The zero-order valence-electron chi connectivity index (χ0n) is 14.3. The monoisotopic (exact) mass is 366 g/mol. The third-order valence-corrected chi connectivity index (χ3v) is 4.41. The van der Waals surface area contributed by atoms with E-state index in [-0.39, 0.29) is 27.9 Å². The van der Waals surface area contributed by atoms with E-state index < -0.39 is 17.4 Å². The van der Waals surface area contributed by atoms with E-state index in [1.165, 1.54) is 18.2 Å². The van der Waals surface area contributed by atoms with Gasteiger partial charge in [-0.05, 0) is 24.3 Å². The van der Waals surface area contributed by atoms with E-state index in [9.17, 15) is 20.1 Å². The van der Waals surface area contributed by atoms with Gasteiger partial charge in [0, 0.05) is 5.39 Å². The normalized spacial score (nSPS) is 12.4. The lowest BCUT2D eigenvalue weighted by atomic mass is 10.1. The molecule has 3 aromatic rings. The van der Waals surface area contributed by atoms with Crippen molar-refractivity contribution in [2.45, 2.75) is 0 Å². The molecule has 0 atom stereocenters. The fourth-order valence-electron chi connectivity index (χ4n) is 3.14. The maximum absolute atomic E-state index is 12.9. The summed E-state index contributed by atoms with van der Waals surface area (Å²) in [5.74, 6) is -1.32. The first-order valence-corrected chi connectivity index (χ1v) is 8.17. The topological polar surface area (TPSA) is 122 Å². The number of hydrogen-bond donors (Lipinski definition) is 1. The third kappa shape index (κ3) is 2.39. The maximum atomic E-state index is 12.9. The number of benzene rings is 2. The van der Waals surface area contributed by atoms with Crippen molar-refractivity contribution < 1.29 is 14.0 Å². The number of hydrogen-bond acceptors (Lipinski definition) is 6. The molecule has 0 fully saturated rings. The number of para-hydroxylation sites is 1. The average molecular weight is 366 g/mol. The number of imide groups is 1. The molecule has 0 unspecified atom stereocenters. The fourth-order valence-corrected chi connectivity index (χ4v) is 3.14. The van der Waals surface area contributed by atoms with Crippen LogP contribution in [0.3, 0.4) is 0 Å². The molecule has 0 radical (unpaired) electrons. The van der Waals surface area contributed by atoms with Gasteiger partial charge >= 0.3 is 0 Å². The molecule has 7 heteroatoms. The molecular weight excluding hydrogens is 356 g/mol. The number of nitrogens with zero attached hydrogens (tertiary/aromatic N) is 3. The van der Waals surface area contributed by atoms with Gasteiger partial charge in [0.05, 0.1) is 22.4 Å². The zero-order chi connectivity index (χ0) is 19.8. The average Bonchev–Trinajstić information content (AvgIpc) is 2.97. The predicted molar refractivity (Wildman–Crippen MR) is 97.2 cm³/mol. The SMILES string of the molecule is N#CC(C#N)=C(c1cc2ccccc2oc1=N)N1C(=O)c2ccccc2C1=O. The second-order valence-corrected chi connectivity index (χ2v) is 5.97. The largest absolute Gasteiger partial charge is 0.438 e. The van der Waals surface area contributed by atoms with E-state index in [0.29, 0.717) is 11.0 Å². The minimum Gasteiger partial charge on any atom is -0.438 e. The Bertz CT molecular complexity index is 1300. The van der Waals surface area contributed by atoms with Gasteiger partial charge in [-0.25, -0.2) is 4.90 Å². The summed E-state index contributed by atoms with van der Waals surface area (Å²) in [6, 6.07) is 18.1. The van der Waals surface area contributed by atoms with Crippen molar-refractivity contribution in [2.75, 3.05) is 0 Å². The van der Waals surface area contributed by atoms with Crippen molar-refractivity contribution in [3.63, 3.8) is 0 Å². The summed E-state index contributed by atoms with van der Waals surface area (Å²) in [5, 5.41) is 27.7. The molecule has 2 aromatic carbocycles. The molecule has 0 saturated heterocycles. The van der Waals surface area contributed by atoms with Crippen LogP contribution in [-0.4, -0.2) is 16.7 Å². The standard InChI is InChI=1S/C21H10N4O3/c22-10-13(11-23)18(16-9-12-5-1-4-8-17(12)28-19(16)24)25-20(26)14-6-2-3-7-15(14)21(25)27/h1-9,24H. The number of carbonyl (C=O) groups is 2. The van der Waals surface area contributed by atoms with E-state index in [1.54, 1.807) is 48.5 Å². The Morgan fingerprint density at radius 2 is 1.50 bits per heavy atom. The first kappa shape index (κ1) is 17.0. The minimum atomic E-state index is -0.661. The summed E-state index contributed by atoms with van der Waals surface area (Å²) in [5.41, 5.74) is -0.314. The molecule has 28 heavy (non-hydrogen) atoms. The molecule has 4 rings (SSSR count). The van der Waals surface area contributed by atoms with Gasteiger partial charge in [0.25, 0.3) is 11.8 Å². The minimum absolute atomic E-state index is 0.00584. The predicted octanol–water partition coefficient (Wildman–Crippen LogP) is 2.97. The van der Waals surface area contributed by atoms with Gasteiger partial charge in [-0.3, -0.25) is 15.0 Å². The molecule has 1 aromatic heterocycles. The molecule has 0 bridgehead atoms. The summed E-state index contributed by atoms with van der Waals surface area (Å²) >= 11 is 0. The van der Waals surface area contributed by atoms with Gasteiger partial charge in [-0.1, -0.05) is 30.3 Å². The number of carbonyl (C=O) groups excluding carboxylic acids is 2. The fraction of sp³-hybridized carbons (Fsp3) is 0. The van der Waals surface area contributed by atoms with Gasteiger partial charge in [0.15, 0.2) is 5.57 Å². The van der Waals surface area contributed by atoms with Crippen LogP contribution < -0.4 is 5.55 Å². The van der Waals surface area contributed by atoms with Gasteiger partial charge < -0.3 is 4.42 Å². The van der Waals surface area contributed by atoms with Crippen molar-refractivity contribution >= 4 is 28.5 Å². The molecule has 0 aliphatic carbocycles. The lowest BCUT2D eigenvalue weighted by Crippen LogP contribution is -2.31. The number of nitriles is 2. The van der Waals surface area contributed by atoms with Crippen LogP contribution >= 0.6 is 0 Å². The van der Waals surface area contributed by atoms with Crippen LogP contribution in [0.15, 0.2) is 64.6 Å². The second kappa shape index (κ2) is 6.35. The Labute approximate surface area is 158 Å². The van der Waals surface area contributed by atoms with Crippen LogP contribution in [0.5, 0.6) is 0 Å². The molecule has 1 aliphatic rings. The van der Waals surface area contributed by atoms with Crippen LogP contribution in [0.25, 0.3) is 16.7 Å². The summed E-state index contributed by atoms with van der Waals surface area (Å²) in [7, 11) is 0. The van der Waals surface area contributed by atoms with Crippen LogP contribution in [-0.2, 0) is 0 Å². The van der Waals surface area contributed by atoms with Gasteiger partial charge in [-0.2, -0.15) is 10.5 Å². The van der Waals surface area contributed by atoms with Gasteiger partial charge in [0.2, 0.25) is 5.55 Å². The Morgan fingerprint density at radius 3 is 2.11 bits per heavy atom. The number of nitrogens with one attached hydrogen (secondary N) is 1. The molecule has 0 spiro atoms. The molecule has 1 aliphatic heterocycles. The summed E-state index contributed by atoms with van der Waals surface area (Å²) in [6.45, 7) is 0. The van der Waals surface area contributed by atoms with Crippen molar-refractivity contribution in [1.82, 2.24) is 4.90 Å². The molecule has 0 saturated carbocycles. The highest BCUT2D eigenvalue weighted by atomic mass is 16.3. The number of fused-ring (bicyclic) bond motifs is 2. The molecule has 1 N–H and O–H groups in total. The Morgan fingerprint density at radius 1 is 0.929 bits per heavy atom. The summed E-state index contributed by atoms with van der Waals surface area (Å²) < 4.78 is 5.48. The highest BCUT2D eigenvalue weighted by Gasteiger charge is 2.40. The maximum Gasteiger partial charge on any atom is 0.266 e. The highest BCUT2D eigenvalue weighted by molar-refractivity contribution is 6.25. The van der Waals surface area contributed by atoms with Crippen LogP contribution in [0, 0.1) is 28.1 Å². The van der Waals surface area contributed by atoms with Crippen LogP contribution in [0.4, 0.5) is 0 Å². The molecule has 7 nitrogen and oxygen atoms in total. The smallest absolute Gasteiger partial charge is 0.266 e. The Balaban J connectivity index is 2.02. The van der Waals surface area contributed by atoms with Crippen LogP contribution in [0.2, 0.25) is 0 Å². The second-order valence-electron chi connectivity index (χ2n) is 5.97. The molecule has 2 heterocycles. The van der Waals surface area contributed by atoms with Crippen molar-refractivity contribution in [3.8, 4) is 12.1 Å². The molecular formula is C21H10N4O3. The van der Waals surface area contributed by atoms with Crippen LogP contribution in [0.1, 0.15) is 26.3 Å². The highest BCUT2D eigenvalue weighted by Crippen LogP contribution is 2.32. The molecule has 132 valence electrons. The lowest BCUT2D eigenvalue weighted by Gasteiger charge is -2.18. The van der Waals surface area contributed by atoms with Crippen molar-refractivity contribution in [2.24, 2.45) is 0 Å².